The van der Waals surface area contributed by atoms with Gasteiger partial charge >= 0.3 is 0 Å². The van der Waals surface area contributed by atoms with Crippen molar-refractivity contribution in [3.05, 3.63) is 59.2 Å². The fourth-order valence-electron chi connectivity index (χ4n) is 2.38. The fourth-order valence-corrected chi connectivity index (χ4v) is 3.39. The minimum Gasteiger partial charge on any atom is -0.497 e. The summed E-state index contributed by atoms with van der Waals surface area (Å²) in [5.41, 5.74) is 1.74. The van der Waals surface area contributed by atoms with Gasteiger partial charge in [-0.1, -0.05) is 28.1 Å². The van der Waals surface area contributed by atoms with Crippen LogP contribution in [0.25, 0.3) is 21.5 Å². The van der Waals surface area contributed by atoms with E-state index >= 15 is 0 Å². The second-order valence-electron chi connectivity index (χ2n) is 5.39. The number of nitrogens with zero attached hydrogens (tertiary/aromatic N) is 2. The van der Waals surface area contributed by atoms with Crippen LogP contribution in [-0.4, -0.2) is 23.2 Å². The summed E-state index contributed by atoms with van der Waals surface area (Å²) in [5, 5.41) is 7.68. The number of benzene rings is 2. The predicted molar refractivity (Wildman–Crippen MR) is 101 cm³/mol. The molecule has 0 aliphatic rings. The monoisotopic (exact) mass is 385 g/mol. The Hall–Kier alpha value is -2.90. The van der Waals surface area contributed by atoms with E-state index in [1.165, 1.54) is 11.3 Å². The summed E-state index contributed by atoms with van der Waals surface area (Å²) in [6, 6.07) is 14.2. The van der Waals surface area contributed by atoms with Crippen molar-refractivity contribution in [2.24, 2.45) is 0 Å². The first-order valence-corrected chi connectivity index (χ1v) is 8.80. The number of hydrogen-bond donors (Lipinski definition) is 1. The zero-order chi connectivity index (χ0) is 18.1. The van der Waals surface area contributed by atoms with Gasteiger partial charge in [0.05, 0.1) is 17.3 Å². The molecular weight excluding hydrogens is 374 g/mol. The molecule has 4 rings (SSSR count). The van der Waals surface area contributed by atoms with Crippen LogP contribution in [-0.2, 0) is 0 Å². The molecule has 1 N–H and O–H groups in total. The third kappa shape index (κ3) is 3.26. The molecule has 8 heteroatoms. The van der Waals surface area contributed by atoms with Gasteiger partial charge in [0.15, 0.2) is 16.6 Å². The average molecular weight is 386 g/mol. The molecule has 2 aromatic heterocycles. The van der Waals surface area contributed by atoms with Gasteiger partial charge in [-0.05, 0) is 42.5 Å². The van der Waals surface area contributed by atoms with Crippen molar-refractivity contribution in [1.29, 1.82) is 0 Å². The molecule has 0 radical (unpaired) electrons. The third-order valence-corrected chi connectivity index (χ3v) is 4.87. The molecule has 0 spiro atoms. The highest BCUT2D eigenvalue weighted by Crippen LogP contribution is 2.29. The number of carbonyl (C=O) groups excluding carboxylic acids is 1. The normalized spacial score (nSPS) is 10.8. The van der Waals surface area contributed by atoms with Crippen molar-refractivity contribution in [3.8, 4) is 17.1 Å². The number of thiazole rings is 1. The van der Waals surface area contributed by atoms with Gasteiger partial charge in [0.25, 0.3) is 5.91 Å². The van der Waals surface area contributed by atoms with Gasteiger partial charge in [0.1, 0.15) is 5.75 Å². The minimum atomic E-state index is -0.389. The van der Waals surface area contributed by atoms with E-state index in [4.69, 9.17) is 20.9 Å². The summed E-state index contributed by atoms with van der Waals surface area (Å²) < 4.78 is 11.4. The van der Waals surface area contributed by atoms with Crippen LogP contribution in [0.1, 0.15) is 10.5 Å². The van der Waals surface area contributed by atoms with Gasteiger partial charge in [0.2, 0.25) is 0 Å². The number of aromatic nitrogens is 2. The summed E-state index contributed by atoms with van der Waals surface area (Å²) in [6.45, 7) is 0. The van der Waals surface area contributed by atoms with Gasteiger partial charge in [-0.3, -0.25) is 10.1 Å². The predicted octanol–water partition coefficient (Wildman–Crippen LogP) is 4.87. The van der Waals surface area contributed by atoms with E-state index in [-0.39, 0.29) is 11.6 Å². The number of nitrogens with one attached hydrogen (secondary N) is 1. The van der Waals surface area contributed by atoms with Crippen LogP contribution in [0, 0.1) is 0 Å². The summed E-state index contributed by atoms with van der Waals surface area (Å²) in [7, 11) is 1.60. The second kappa shape index (κ2) is 6.78. The van der Waals surface area contributed by atoms with Crippen LogP contribution in [0.5, 0.6) is 5.75 Å². The van der Waals surface area contributed by atoms with E-state index < -0.39 is 0 Å². The number of rotatable bonds is 4. The molecule has 0 aliphatic carbocycles. The number of ether oxygens (including phenoxy) is 1. The summed E-state index contributed by atoms with van der Waals surface area (Å²) in [5.74, 6) is 0.837. The van der Waals surface area contributed by atoms with E-state index in [1.54, 1.807) is 37.4 Å². The standard InChI is InChI=1S/C18H12ClN3O3S/c1-24-12-6-7-13-16(8-12)26-18(20-13)21-17(23)14-9-15(25-22-14)10-2-4-11(19)5-3-10/h2-9H,1H3,(H,20,21,23). The first kappa shape index (κ1) is 16.6. The third-order valence-electron chi connectivity index (χ3n) is 3.69. The molecule has 0 atom stereocenters. The Labute approximate surface area is 157 Å². The van der Waals surface area contributed by atoms with E-state index in [0.717, 1.165) is 21.5 Å². The SMILES string of the molecule is COc1ccc2nc(NC(=O)c3cc(-c4ccc(Cl)cc4)on3)sc2c1. The van der Waals surface area contributed by atoms with Crippen molar-refractivity contribution >= 4 is 44.2 Å². The molecule has 0 bridgehead atoms. The van der Waals surface area contributed by atoms with Crippen molar-refractivity contribution in [1.82, 2.24) is 10.1 Å². The molecule has 0 saturated carbocycles. The van der Waals surface area contributed by atoms with E-state index in [1.807, 2.05) is 18.2 Å². The van der Waals surface area contributed by atoms with Crippen LogP contribution < -0.4 is 10.1 Å². The number of halogens is 1. The van der Waals surface area contributed by atoms with E-state index in [9.17, 15) is 4.79 Å². The summed E-state index contributed by atoms with van der Waals surface area (Å²) in [6.07, 6.45) is 0. The lowest BCUT2D eigenvalue weighted by Crippen LogP contribution is -2.11. The number of methoxy groups -OCH3 is 1. The van der Waals surface area contributed by atoms with E-state index in [0.29, 0.717) is 15.9 Å². The van der Waals surface area contributed by atoms with Gasteiger partial charge in [-0.15, -0.1) is 0 Å². The largest absolute Gasteiger partial charge is 0.497 e. The Morgan fingerprint density at radius 2 is 2.00 bits per heavy atom. The number of hydrogen-bond acceptors (Lipinski definition) is 6. The Morgan fingerprint density at radius 1 is 1.19 bits per heavy atom. The highest BCUT2D eigenvalue weighted by Gasteiger charge is 2.16. The fraction of sp³-hybridized carbons (Fsp3) is 0.0556. The quantitative estimate of drug-likeness (QED) is 0.542. The molecule has 1 amide bonds. The molecule has 130 valence electrons. The lowest BCUT2D eigenvalue weighted by molar-refractivity contribution is 0.101. The molecule has 0 aliphatic heterocycles. The first-order valence-electron chi connectivity index (χ1n) is 7.61. The van der Waals surface area contributed by atoms with Crippen molar-refractivity contribution in [3.63, 3.8) is 0 Å². The van der Waals surface area contributed by atoms with Crippen LogP contribution in [0.4, 0.5) is 5.13 Å². The molecule has 2 aromatic carbocycles. The summed E-state index contributed by atoms with van der Waals surface area (Å²) in [4.78, 5) is 16.8. The van der Waals surface area contributed by atoms with Gasteiger partial charge in [-0.25, -0.2) is 4.98 Å². The zero-order valence-electron chi connectivity index (χ0n) is 13.5. The van der Waals surface area contributed by atoms with Crippen LogP contribution in [0.3, 0.4) is 0 Å². The van der Waals surface area contributed by atoms with Crippen molar-refractivity contribution in [2.45, 2.75) is 0 Å². The maximum Gasteiger partial charge on any atom is 0.279 e. The topological polar surface area (TPSA) is 77.2 Å². The lowest BCUT2D eigenvalue weighted by atomic mass is 10.1. The zero-order valence-corrected chi connectivity index (χ0v) is 15.1. The highest BCUT2D eigenvalue weighted by molar-refractivity contribution is 7.22. The molecule has 26 heavy (non-hydrogen) atoms. The van der Waals surface area contributed by atoms with E-state index in [2.05, 4.69) is 15.5 Å². The van der Waals surface area contributed by atoms with Crippen molar-refractivity contribution < 1.29 is 14.1 Å². The van der Waals surface area contributed by atoms with Gasteiger partial charge in [0, 0.05) is 16.7 Å². The molecule has 0 fully saturated rings. The maximum atomic E-state index is 12.4. The Kier molecular flexibility index (Phi) is 4.32. The van der Waals surface area contributed by atoms with Crippen molar-refractivity contribution in [2.75, 3.05) is 12.4 Å². The average Bonchev–Trinajstić information content (AvgIpc) is 3.28. The Morgan fingerprint density at radius 3 is 2.77 bits per heavy atom. The number of amides is 1. The molecule has 2 heterocycles. The van der Waals surface area contributed by atoms with Crippen LogP contribution in [0.15, 0.2) is 53.1 Å². The number of carbonyl (C=O) groups is 1. The summed E-state index contributed by atoms with van der Waals surface area (Å²) >= 11 is 7.23. The van der Waals surface area contributed by atoms with Crippen LogP contribution >= 0.6 is 22.9 Å². The Bertz CT molecular complexity index is 1090. The first-order chi connectivity index (χ1) is 12.6. The van der Waals surface area contributed by atoms with Gasteiger partial charge in [-0.2, -0.15) is 0 Å². The smallest absolute Gasteiger partial charge is 0.279 e. The molecule has 0 saturated heterocycles. The highest BCUT2D eigenvalue weighted by atomic mass is 35.5. The number of anilines is 1. The Balaban J connectivity index is 1.54. The molecule has 0 unspecified atom stereocenters. The minimum absolute atomic E-state index is 0.173. The maximum absolute atomic E-state index is 12.4. The molecule has 4 aromatic rings. The molecule has 6 nitrogen and oxygen atoms in total. The lowest BCUT2D eigenvalue weighted by Gasteiger charge is -1.96. The second-order valence-corrected chi connectivity index (χ2v) is 6.86. The van der Waals surface area contributed by atoms with Gasteiger partial charge < -0.3 is 9.26 Å². The van der Waals surface area contributed by atoms with Crippen LogP contribution in [0.2, 0.25) is 5.02 Å². The number of fused-ring (bicyclic) bond motifs is 1. The molecular formula is C18H12ClN3O3S.